The number of fused-ring (bicyclic) bond motifs is 1. The fourth-order valence-corrected chi connectivity index (χ4v) is 3.10. The maximum absolute atomic E-state index is 5.93. The van der Waals surface area contributed by atoms with E-state index in [-0.39, 0.29) is 30.1 Å². The van der Waals surface area contributed by atoms with Gasteiger partial charge in [-0.1, -0.05) is 18.2 Å². The first-order valence-corrected chi connectivity index (χ1v) is 9.46. The van der Waals surface area contributed by atoms with Crippen molar-refractivity contribution in [1.82, 2.24) is 10.6 Å². The molecule has 0 amide bonds. The monoisotopic (exact) mass is 487 g/mol. The van der Waals surface area contributed by atoms with Crippen LogP contribution in [0.1, 0.15) is 31.1 Å². The van der Waals surface area contributed by atoms with Crippen LogP contribution in [0.25, 0.3) is 11.0 Å². The number of nitrogens with zero attached hydrogens (tertiary/aromatic N) is 1. The highest BCUT2D eigenvalue weighted by Crippen LogP contribution is 2.25. The van der Waals surface area contributed by atoms with Gasteiger partial charge in [-0.3, -0.25) is 0 Å². The summed E-state index contributed by atoms with van der Waals surface area (Å²) in [4.78, 5) is 4.64. The molecule has 0 aliphatic carbocycles. The summed E-state index contributed by atoms with van der Waals surface area (Å²) in [7, 11) is 0. The zero-order valence-electron chi connectivity index (χ0n) is 16.1. The van der Waals surface area contributed by atoms with Crippen molar-refractivity contribution in [3.05, 3.63) is 35.6 Å². The van der Waals surface area contributed by atoms with Crippen LogP contribution in [0.15, 0.2) is 33.7 Å². The molecule has 1 saturated heterocycles. The Morgan fingerprint density at radius 1 is 1.30 bits per heavy atom. The van der Waals surface area contributed by atoms with Crippen LogP contribution in [0.5, 0.6) is 0 Å². The van der Waals surface area contributed by atoms with E-state index < -0.39 is 0 Å². The van der Waals surface area contributed by atoms with E-state index in [1.54, 1.807) is 0 Å². The van der Waals surface area contributed by atoms with Crippen molar-refractivity contribution >= 4 is 40.9 Å². The molecule has 7 heteroatoms. The molecule has 0 radical (unpaired) electrons. The molecule has 6 nitrogen and oxygen atoms in total. The van der Waals surface area contributed by atoms with Crippen LogP contribution >= 0.6 is 24.0 Å². The van der Waals surface area contributed by atoms with Gasteiger partial charge in [0.1, 0.15) is 17.9 Å². The largest absolute Gasteiger partial charge is 0.459 e. The number of para-hydroxylation sites is 1. The first-order valence-electron chi connectivity index (χ1n) is 9.46. The summed E-state index contributed by atoms with van der Waals surface area (Å²) in [5, 5.41) is 7.71. The number of furan rings is 1. The van der Waals surface area contributed by atoms with E-state index in [2.05, 4.69) is 35.5 Å². The normalized spacial score (nSPS) is 17.1. The van der Waals surface area contributed by atoms with Crippen LogP contribution in [-0.4, -0.2) is 45.0 Å². The number of halogens is 1. The van der Waals surface area contributed by atoms with E-state index in [4.69, 9.17) is 13.9 Å². The number of ether oxygens (including phenoxy) is 2. The predicted octanol–water partition coefficient (Wildman–Crippen LogP) is 3.61. The van der Waals surface area contributed by atoms with Gasteiger partial charge in [-0.15, -0.1) is 24.0 Å². The van der Waals surface area contributed by atoms with Gasteiger partial charge in [-0.25, -0.2) is 4.99 Å². The van der Waals surface area contributed by atoms with Gasteiger partial charge in [0.25, 0.3) is 0 Å². The van der Waals surface area contributed by atoms with Crippen molar-refractivity contribution in [2.75, 3.05) is 32.9 Å². The molecule has 2 aromatic rings. The molecule has 0 bridgehead atoms. The van der Waals surface area contributed by atoms with E-state index in [0.717, 1.165) is 54.2 Å². The molecule has 1 atom stereocenters. The van der Waals surface area contributed by atoms with Gasteiger partial charge in [0, 0.05) is 30.6 Å². The zero-order valence-corrected chi connectivity index (χ0v) is 18.5. The van der Waals surface area contributed by atoms with Crippen LogP contribution in [0.4, 0.5) is 0 Å². The minimum Gasteiger partial charge on any atom is -0.459 e. The lowest BCUT2D eigenvalue weighted by Crippen LogP contribution is -2.39. The van der Waals surface area contributed by atoms with Crippen molar-refractivity contribution in [3.8, 4) is 0 Å². The molecule has 3 rings (SSSR count). The molecule has 1 aromatic heterocycles. The van der Waals surface area contributed by atoms with Crippen LogP contribution in [-0.2, 0) is 16.0 Å². The number of benzene rings is 1. The molecule has 0 spiro atoms. The Hall–Kier alpha value is -1.32. The molecule has 27 heavy (non-hydrogen) atoms. The fourth-order valence-electron chi connectivity index (χ4n) is 3.10. The minimum absolute atomic E-state index is 0. The molecule has 0 saturated carbocycles. The molecule has 2 heterocycles. The van der Waals surface area contributed by atoms with Gasteiger partial charge in [-0.05, 0) is 32.8 Å². The number of guanidine groups is 1. The van der Waals surface area contributed by atoms with E-state index in [0.29, 0.717) is 26.3 Å². The maximum Gasteiger partial charge on any atom is 0.191 e. The lowest BCUT2D eigenvalue weighted by atomic mass is 10.1. The molecule has 1 aromatic carbocycles. The maximum atomic E-state index is 5.93. The number of hydrogen-bond acceptors (Lipinski definition) is 4. The van der Waals surface area contributed by atoms with Crippen LogP contribution in [0.3, 0.4) is 0 Å². The molecule has 2 N–H and O–H groups in total. The lowest BCUT2D eigenvalue weighted by Gasteiger charge is -2.13. The average molecular weight is 487 g/mol. The molecule has 1 fully saturated rings. The summed E-state index contributed by atoms with van der Waals surface area (Å²) in [5.41, 5.74) is 2.07. The number of nitrogens with one attached hydrogen (secondary N) is 2. The Labute approximate surface area is 178 Å². The Bertz CT molecular complexity index is 726. The summed E-state index contributed by atoms with van der Waals surface area (Å²) in [6, 6.07) is 8.08. The molecule has 1 aliphatic rings. The van der Waals surface area contributed by atoms with Gasteiger partial charge in [-0.2, -0.15) is 0 Å². The van der Waals surface area contributed by atoms with Crippen molar-refractivity contribution in [3.63, 3.8) is 0 Å². The van der Waals surface area contributed by atoms with Crippen molar-refractivity contribution in [2.45, 2.75) is 39.3 Å². The average Bonchev–Trinajstić information content (AvgIpc) is 3.28. The van der Waals surface area contributed by atoms with Gasteiger partial charge < -0.3 is 24.5 Å². The van der Waals surface area contributed by atoms with Gasteiger partial charge in [0.05, 0.1) is 19.3 Å². The summed E-state index contributed by atoms with van der Waals surface area (Å²) in [6.45, 7) is 8.33. The fraction of sp³-hybridized carbons (Fsp3) is 0.550. The van der Waals surface area contributed by atoms with E-state index >= 15 is 0 Å². The summed E-state index contributed by atoms with van der Waals surface area (Å²) < 4.78 is 17.2. The van der Waals surface area contributed by atoms with Gasteiger partial charge in [0.15, 0.2) is 5.96 Å². The smallest absolute Gasteiger partial charge is 0.191 e. The number of hydrogen-bond donors (Lipinski definition) is 2. The Morgan fingerprint density at radius 3 is 2.89 bits per heavy atom. The van der Waals surface area contributed by atoms with Crippen molar-refractivity contribution in [1.29, 1.82) is 0 Å². The second kappa shape index (κ2) is 11.5. The molecule has 1 aliphatic heterocycles. The van der Waals surface area contributed by atoms with Crippen LogP contribution < -0.4 is 10.6 Å². The summed E-state index contributed by atoms with van der Waals surface area (Å²) in [6.07, 6.45) is 2.52. The standard InChI is InChI=1S/C20H29N3O3.HI/c1-3-21-20(22-10-12-24-14-16-7-6-11-25-16)23-13-19-15(2)17-8-4-5-9-18(17)26-19;/h4-5,8-9,16H,3,6-7,10-14H2,1-2H3,(H2,21,22,23);1H. The first kappa shape index (κ1) is 22.0. The number of aryl methyl sites for hydroxylation is 1. The highest BCUT2D eigenvalue weighted by atomic mass is 127. The molecular weight excluding hydrogens is 457 g/mol. The Kier molecular flexibility index (Phi) is 9.36. The Morgan fingerprint density at radius 2 is 2.15 bits per heavy atom. The van der Waals surface area contributed by atoms with E-state index in [9.17, 15) is 0 Å². The quantitative estimate of drug-likeness (QED) is 0.258. The molecular formula is C20H30IN3O3. The topological polar surface area (TPSA) is 68.0 Å². The highest BCUT2D eigenvalue weighted by Gasteiger charge is 2.15. The summed E-state index contributed by atoms with van der Waals surface area (Å²) in [5.74, 6) is 1.67. The SMILES string of the molecule is CCNC(=NCc1oc2ccccc2c1C)NCCOCC1CCCO1.I. The van der Waals surface area contributed by atoms with Gasteiger partial charge in [0.2, 0.25) is 0 Å². The first-order chi connectivity index (χ1) is 12.8. The van der Waals surface area contributed by atoms with Gasteiger partial charge >= 0.3 is 0 Å². The van der Waals surface area contributed by atoms with Crippen molar-refractivity contribution in [2.24, 2.45) is 4.99 Å². The summed E-state index contributed by atoms with van der Waals surface area (Å²) >= 11 is 0. The molecule has 150 valence electrons. The van der Waals surface area contributed by atoms with Crippen LogP contribution in [0, 0.1) is 6.92 Å². The second-order valence-electron chi connectivity index (χ2n) is 6.48. The van der Waals surface area contributed by atoms with E-state index in [1.807, 2.05) is 18.2 Å². The third kappa shape index (κ3) is 6.36. The van der Waals surface area contributed by atoms with E-state index in [1.165, 1.54) is 0 Å². The minimum atomic E-state index is 0. The lowest BCUT2D eigenvalue weighted by molar-refractivity contribution is 0.0191. The highest BCUT2D eigenvalue weighted by molar-refractivity contribution is 14.0. The number of rotatable bonds is 8. The Balaban J connectivity index is 0.00000261. The predicted molar refractivity (Wildman–Crippen MR) is 119 cm³/mol. The number of aliphatic imine (C=N–C) groups is 1. The third-order valence-electron chi connectivity index (χ3n) is 4.53. The van der Waals surface area contributed by atoms with Crippen LogP contribution in [0.2, 0.25) is 0 Å². The third-order valence-corrected chi connectivity index (χ3v) is 4.53. The second-order valence-corrected chi connectivity index (χ2v) is 6.48. The molecule has 1 unspecified atom stereocenters. The zero-order chi connectivity index (χ0) is 18.2. The van der Waals surface area contributed by atoms with Crippen molar-refractivity contribution < 1.29 is 13.9 Å².